The second-order valence-corrected chi connectivity index (χ2v) is 8.29. The minimum Gasteiger partial charge on any atom is -0.486 e. The molecule has 2 heterocycles. The highest BCUT2D eigenvalue weighted by Gasteiger charge is 2.21. The molecule has 0 spiro atoms. The lowest BCUT2D eigenvalue weighted by atomic mass is 10.1. The number of rotatable bonds is 7. The van der Waals surface area contributed by atoms with Crippen molar-refractivity contribution >= 4 is 34.8 Å². The maximum Gasteiger partial charge on any atom is 0.243 e. The zero-order valence-electron chi connectivity index (χ0n) is 18.6. The zero-order chi connectivity index (χ0) is 23.2. The van der Waals surface area contributed by atoms with Crippen LogP contribution in [0.1, 0.15) is 12.5 Å². The SMILES string of the molecule is CCN(CC(=O)Nc1ccc(N2CCOCC2)cc1)C(=O)Cc1cc(Cl)c2c(c1)OCCO2. The van der Waals surface area contributed by atoms with E-state index >= 15 is 0 Å². The summed E-state index contributed by atoms with van der Waals surface area (Å²) in [7, 11) is 0. The highest BCUT2D eigenvalue weighted by molar-refractivity contribution is 6.32. The smallest absolute Gasteiger partial charge is 0.243 e. The monoisotopic (exact) mass is 473 g/mol. The molecule has 2 aromatic carbocycles. The fourth-order valence-corrected chi connectivity index (χ4v) is 4.17. The van der Waals surface area contributed by atoms with Crippen LogP contribution in [-0.4, -0.2) is 69.3 Å². The van der Waals surface area contributed by atoms with Gasteiger partial charge >= 0.3 is 0 Å². The van der Waals surface area contributed by atoms with Crippen LogP contribution >= 0.6 is 11.6 Å². The lowest BCUT2D eigenvalue weighted by molar-refractivity contribution is -0.133. The first-order chi connectivity index (χ1) is 16.0. The molecule has 2 amide bonds. The van der Waals surface area contributed by atoms with Gasteiger partial charge in [-0.1, -0.05) is 11.6 Å². The number of hydrogen-bond acceptors (Lipinski definition) is 6. The number of ether oxygens (including phenoxy) is 3. The van der Waals surface area contributed by atoms with Gasteiger partial charge in [0.25, 0.3) is 0 Å². The van der Waals surface area contributed by atoms with Crippen LogP contribution < -0.4 is 19.7 Å². The molecule has 0 atom stereocenters. The van der Waals surface area contributed by atoms with E-state index in [0.717, 1.165) is 32.0 Å². The van der Waals surface area contributed by atoms with Crippen LogP contribution in [0.15, 0.2) is 36.4 Å². The van der Waals surface area contributed by atoms with Gasteiger partial charge in [-0.25, -0.2) is 0 Å². The number of halogens is 1. The van der Waals surface area contributed by atoms with Crippen molar-refractivity contribution in [3.8, 4) is 11.5 Å². The van der Waals surface area contributed by atoms with E-state index < -0.39 is 0 Å². The molecule has 0 aromatic heterocycles. The number of nitrogens with zero attached hydrogens (tertiary/aromatic N) is 2. The first-order valence-electron chi connectivity index (χ1n) is 11.1. The Labute approximate surface area is 198 Å². The lowest BCUT2D eigenvalue weighted by Crippen LogP contribution is -2.38. The summed E-state index contributed by atoms with van der Waals surface area (Å²) in [4.78, 5) is 29.2. The average molecular weight is 474 g/mol. The minimum atomic E-state index is -0.246. The summed E-state index contributed by atoms with van der Waals surface area (Å²) < 4.78 is 16.5. The van der Waals surface area contributed by atoms with E-state index in [1.54, 1.807) is 12.1 Å². The van der Waals surface area contributed by atoms with Crippen molar-refractivity contribution in [3.05, 3.63) is 47.0 Å². The van der Waals surface area contributed by atoms with Gasteiger partial charge in [-0.15, -0.1) is 0 Å². The second-order valence-electron chi connectivity index (χ2n) is 7.88. The number of carbonyl (C=O) groups is 2. The number of likely N-dealkylation sites (N-methyl/N-ethyl adjacent to an activating group) is 1. The number of carbonyl (C=O) groups excluding carboxylic acids is 2. The molecule has 0 bridgehead atoms. The van der Waals surface area contributed by atoms with E-state index in [4.69, 9.17) is 25.8 Å². The first kappa shape index (κ1) is 23.2. The van der Waals surface area contributed by atoms with Crippen LogP contribution in [0.3, 0.4) is 0 Å². The normalized spacial score (nSPS) is 15.2. The van der Waals surface area contributed by atoms with E-state index in [-0.39, 0.29) is 24.8 Å². The van der Waals surface area contributed by atoms with Crippen molar-refractivity contribution in [2.75, 3.05) is 62.8 Å². The Balaban J connectivity index is 1.33. The number of morpholine rings is 1. The summed E-state index contributed by atoms with van der Waals surface area (Å²) >= 11 is 6.28. The van der Waals surface area contributed by atoms with E-state index in [1.165, 1.54) is 4.90 Å². The van der Waals surface area contributed by atoms with Gasteiger partial charge in [-0.3, -0.25) is 9.59 Å². The Morgan fingerprint density at radius 1 is 1.06 bits per heavy atom. The molecule has 1 fully saturated rings. The van der Waals surface area contributed by atoms with Gasteiger partial charge in [0, 0.05) is 31.0 Å². The van der Waals surface area contributed by atoms with Crippen molar-refractivity contribution in [3.63, 3.8) is 0 Å². The topological polar surface area (TPSA) is 80.3 Å². The van der Waals surface area contributed by atoms with E-state index in [0.29, 0.717) is 47.5 Å². The van der Waals surface area contributed by atoms with Crippen LogP contribution in [0.5, 0.6) is 11.5 Å². The summed E-state index contributed by atoms with van der Waals surface area (Å²) in [5.41, 5.74) is 2.51. The molecule has 8 nitrogen and oxygen atoms in total. The summed E-state index contributed by atoms with van der Waals surface area (Å²) in [6, 6.07) is 11.2. The Kier molecular flexibility index (Phi) is 7.57. The molecule has 2 aromatic rings. The fourth-order valence-electron chi connectivity index (χ4n) is 3.88. The van der Waals surface area contributed by atoms with Crippen LogP contribution in [-0.2, 0) is 20.7 Å². The van der Waals surface area contributed by atoms with Gasteiger partial charge in [0.2, 0.25) is 11.8 Å². The first-order valence-corrected chi connectivity index (χ1v) is 11.5. The molecular weight excluding hydrogens is 446 g/mol. The molecule has 176 valence electrons. The third kappa shape index (κ3) is 5.89. The number of benzene rings is 2. The van der Waals surface area contributed by atoms with Gasteiger partial charge in [0.15, 0.2) is 11.5 Å². The van der Waals surface area contributed by atoms with E-state index in [9.17, 15) is 9.59 Å². The molecule has 0 radical (unpaired) electrons. The summed E-state index contributed by atoms with van der Waals surface area (Å²) in [6.07, 6.45) is 0.117. The van der Waals surface area contributed by atoms with Crippen LogP contribution in [0, 0.1) is 0 Å². The minimum absolute atomic E-state index is 0.0289. The van der Waals surface area contributed by atoms with Crippen molar-refractivity contribution in [1.82, 2.24) is 4.90 Å². The quantitative estimate of drug-likeness (QED) is 0.666. The fraction of sp³-hybridized carbons (Fsp3) is 0.417. The van der Waals surface area contributed by atoms with E-state index in [1.807, 2.05) is 31.2 Å². The average Bonchev–Trinajstić information content (AvgIpc) is 2.83. The predicted molar refractivity (Wildman–Crippen MR) is 127 cm³/mol. The zero-order valence-corrected chi connectivity index (χ0v) is 19.4. The van der Waals surface area contributed by atoms with Gasteiger partial charge in [0.05, 0.1) is 31.2 Å². The maximum absolute atomic E-state index is 12.8. The van der Waals surface area contributed by atoms with Gasteiger partial charge in [0.1, 0.15) is 13.2 Å². The molecule has 1 N–H and O–H groups in total. The molecule has 1 saturated heterocycles. The molecule has 0 aliphatic carbocycles. The Morgan fingerprint density at radius 3 is 2.52 bits per heavy atom. The number of amides is 2. The molecule has 33 heavy (non-hydrogen) atoms. The van der Waals surface area contributed by atoms with E-state index in [2.05, 4.69) is 10.2 Å². The van der Waals surface area contributed by atoms with Gasteiger partial charge in [-0.05, 0) is 48.9 Å². The maximum atomic E-state index is 12.8. The van der Waals surface area contributed by atoms with Crippen molar-refractivity contribution in [2.24, 2.45) is 0 Å². The van der Waals surface area contributed by atoms with Crippen LogP contribution in [0.2, 0.25) is 5.02 Å². The molecule has 2 aliphatic rings. The summed E-state index contributed by atoms with van der Waals surface area (Å²) in [5.74, 6) is 0.635. The molecule has 4 rings (SSSR count). The number of fused-ring (bicyclic) bond motifs is 1. The molecule has 2 aliphatic heterocycles. The summed E-state index contributed by atoms with van der Waals surface area (Å²) in [5, 5.41) is 3.29. The third-order valence-corrected chi connectivity index (χ3v) is 5.89. The van der Waals surface area contributed by atoms with Gasteiger partial charge in [-0.2, -0.15) is 0 Å². The lowest BCUT2D eigenvalue weighted by Gasteiger charge is -2.29. The largest absolute Gasteiger partial charge is 0.486 e. The Hall–Kier alpha value is -2.97. The summed E-state index contributed by atoms with van der Waals surface area (Å²) in [6.45, 7) is 6.27. The molecule has 0 saturated carbocycles. The number of hydrogen-bond donors (Lipinski definition) is 1. The van der Waals surface area contributed by atoms with Crippen LogP contribution in [0.25, 0.3) is 0 Å². The van der Waals surface area contributed by atoms with Crippen LogP contribution in [0.4, 0.5) is 11.4 Å². The molecule has 0 unspecified atom stereocenters. The Morgan fingerprint density at radius 2 is 1.79 bits per heavy atom. The third-order valence-electron chi connectivity index (χ3n) is 5.61. The van der Waals surface area contributed by atoms with Crippen molar-refractivity contribution in [2.45, 2.75) is 13.3 Å². The van der Waals surface area contributed by atoms with Gasteiger partial charge < -0.3 is 29.3 Å². The highest BCUT2D eigenvalue weighted by atomic mass is 35.5. The van der Waals surface area contributed by atoms with Crippen molar-refractivity contribution < 1.29 is 23.8 Å². The highest BCUT2D eigenvalue weighted by Crippen LogP contribution is 2.38. The Bertz CT molecular complexity index is 992. The predicted octanol–water partition coefficient (Wildman–Crippen LogP) is 2.98. The standard InChI is InChI=1S/C24H28ClN3O5/c1-2-27(23(30)15-17-13-20(25)24-21(14-17)32-11-12-33-24)16-22(29)26-18-3-5-19(6-4-18)28-7-9-31-10-8-28/h3-6,13-14H,2,7-12,15-16H2,1H3,(H,26,29). The number of anilines is 2. The second kappa shape index (κ2) is 10.8. The number of nitrogens with one attached hydrogen (secondary N) is 1. The molecular formula is C24H28ClN3O5. The van der Waals surface area contributed by atoms with Crippen molar-refractivity contribution in [1.29, 1.82) is 0 Å². The molecule has 9 heteroatoms.